The molecule has 5 heteroatoms. The predicted octanol–water partition coefficient (Wildman–Crippen LogP) is 7.30. The number of nitrogens with zero attached hydrogens (tertiary/aromatic N) is 4. The van der Waals surface area contributed by atoms with Crippen molar-refractivity contribution in [2.24, 2.45) is 0 Å². The molecule has 7 aromatic rings. The number of rotatable bonds is 4. The second kappa shape index (κ2) is 9.21. The van der Waals surface area contributed by atoms with Gasteiger partial charge in [0.2, 0.25) is 0 Å². The van der Waals surface area contributed by atoms with Gasteiger partial charge in [-0.1, -0.05) is 12.1 Å². The SMILES string of the molecule is c1ccc(-c2nc(-c3ccccc3)nc(-c3ccc4c(ccc5[se]c(-c6ccccc6)nc54)c3)n2)cc1. The average molecular weight is 540 g/mol. The van der Waals surface area contributed by atoms with Crippen LogP contribution in [0.25, 0.3) is 64.8 Å². The van der Waals surface area contributed by atoms with Crippen LogP contribution in [0.1, 0.15) is 0 Å². The summed E-state index contributed by atoms with van der Waals surface area (Å²) in [5, 5.41) is 2.29. The summed E-state index contributed by atoms with van der Waals surface area (Å²) in [4.78, 5) is 19.6. The van der Waals surface area contributed by atoms with Crippen molar-refractivity contribution in [3.63, 3.8) is 0 Å². The van der Waals surface area contributed by atoms with E-state index in [4.69, 9.17) is 19.9 Å². The molecule has 2 aromatic heterocycles. The molecule has 37 heavy (non-hydrogen) atoms. The number of hydrogen-bond acceptors (Lipinski definition) is 4. The van der Waals surface area contributed by atoms with Crippen LogP contribution in [-0.4, -0.2) is 34.4 Å². The second-order valence-electron chi connectivity index (χ2n) is 8.77. The first kappa shape index (κ1) is 21.8. The Labute approximate surface area is 220 Å². The van der Waals surface area contributed by atoms with E-state index in [0.717, 1.165) is 33.0 Å². The summed E-state index contributed by atoms with van der Waals surface area (Å²) in [5.41, 5.74) is 5.18. The molecular weight excluding hydrogens is 519 g/mol. The molecule has 7 rings (SSSR count). The number of aromatic nitrogens is 4. The fraction of sp³-hybridized carbons (Fsp3) is 0. The van der Waals surface area contributed by atoms with Crippen molar-refractivity contribution >= 4 is 35.1 Å². The first-order chi connectivity index (χ1) is 18.3. The fourth-order valence-corrected chi connectivity index (χ4v) is 6.57. The van der Waals surface area contributed by atoms with Crippen LogP contribution in [0.3, 0.4) is 0 Å². The van der Waals surface area contributed by atoms with E-state index in [1.54, 1.807) is 0 Å². The van der Waals surface area contributed by atoms with Gasteiger partial charge in [-0.05, 0) is 0 Å². The van der Waals surface area contributed by atoms with E-state index in [1.165, 1.54) is 14.4 Å². The van der Waals surface area contributed by atoms with E-state index in [0.29, 0.717) is 17.5 Å². The van der Waals surface area contributed by atoms with Crippen molar-refractivity contribution in [2.75, 3.05) is 0 Å². The van der Waals surface area contributed by atoms with Crippen molar-refractivity contribution in [1.29, 1.82) is 0 Å². The third-order valence-corrected chi connectivity index (χ3v) is 8.60. The van der Waals surface area contributed by atoms with Crippen molar-refractivity contribution < 1.29 is 0 Å². The summed E-state index contributed by atoms with van der Waals surface area (Å²) < 4.78 is 2.50. The average Bonchev–Trinajstić information content (AvgIpc) is 3.43. The van der Waals surface area contributed by atoms with Gasteiger partial charge in [0.15, 0.2) is 0 Å². The first-order valence-corrected chi connectivity index (χ1v) is 13.8. The molecule has 4 nitrogen and oxygen atoms in total. The molecule has 0 bridgehead atoms. The van der Waals surface area contributed by atoms with Gasteiger partial charge in [0.05, 0.1) is 0 Å². The third-order valence-electron chi connectivity index (χ3n) is 6.35. The van der Waals surface area contributed by atoms with Crippen molar-refractivity contribution in [3.8, 4) is 44.3 Å². The molecule has 0 N–H and O–H groups in total. The quantitative estimate of drug-likeness (QED) is 0.220. The molecule has 0 radical (unpaired) electrons. The maximum absolute atomic E-state index is 5.06. The van der Waals surface area contributed by atoms with Crippen LogP contribution in [0.4, 0.5) is 0 Å². The van der Waals surface area contributed by atoms with Gasteiger partial charge in [0, 0.05) is 0 Å². The van der Waals surface area contributed by atoms with Crippen molar-refractivity contribution in [1.82, 2.24) is 19.9 Å². The Morgan fingerprint density at radius 3 is 1.57 bits per heavy atom. The van der Waals surface area contributed by atoms with E-state index < -0.39 is 0 Å². The third kappa shape index (κ3) is 4.15. The van der Waals surface area contributed by atoms with Crippen LogP contribution in [-0.2, 0) is 0 Å². The van der Waals surface area contributed by atoms with Crippen LogP contribution < -0.4 is 0 Å². The summed E-state index contributed by atoms with van der Waals surface area (Å²) in [6.45, 7) is 0. The molecule has 174 valence electrons. The van der Waals surface area contributed by atoms with Crippen LogP contribution in [0.2, 0.25) is 0 Å². The van der Waals surface area contributed by atoms with Gasteiger partial charge >= 0.3 is 208 Å². The van der Waals surface area contributed by atoms with Gasteiger partial charge < -0.3 is 0 Å². The molecule has 0 unspecified atom stereocenters. The molecule has 0 atom stereocenters. The van der Waals surface area contributed by atoms with Crippen LogP contribution in [0, 0.1) is 0 Å². The molecule has 0 spiro atoms. The van der Waals surface area contributed by atoms with Gasteiger partial charge in [-0.2, -0.15) is 0 Å². The van der Waals surface area contributed by atoms with Gasteiger partial charge in [-0.15, -0.1) is 0 Å². The van der Waals surface area contributed by atoms with E-state index in [9.17, 15) is 0 Å². The normalized spacial score (nSPS) is 11.2. The standard InChI is InChI=1S/C32H20N4Se/c1-4-10-21(11-5-1)29-34-30(22-12-6-2-7-13-22)36-31(35-29)25-16-18-26-24(20-25)17-19-27-28(26)33-32(37-27)23-14-8-3-9-15-23/h1-20H. The molecular formula is C32H20N4Se. The zero-order valence-corrected chi connectivity index (χ0v) is 21.5. The monoisotopic (exact) mass is 540 g/mol. The van der Waals surface area contributed by atoms with Crippen molar-refractivity contribution in [3.05, 3.63) is 121 Å². The van der Waals surface area contributed by atoms with E-state index in [-0.39, 0.29) is 14.5 Å². The number of hydrogen-bond donors (Lipinski definition) is 0. The van der Waals surface area contributed by atoms with E-state index in [1.807, 2.05) is 66.7 Å². The molecule has 0 fully saturated rings. The molecule has 0 saturated carbocycles. The van der Waals surface area contributed by atoms with E-state index in [2.05, 4.69) is 54.6 Å². The summed E-state index contributed by atoms with van der Waals surface area (Å²) in [7, 11) is 0. The maximum atomic E-state index is 5.06. The Hall–Kier alpha value is -4.44. The zero-order valence-electron chi connectivity index (χ0n) is 19.7. The molecule has 2 heterocycles. The summed E-state index contributed by atoms with van der Waals surface area (Å²) in [5.74, 6) is 1.99. The van der Waals surface area contributed by atoms with Gasteiger partial charge in [0.1, 0.15) is 0 Å². The zero-order chi connectivity index (χ0) is 24.6. The minimum atomic E-state index is 0.201. The Morgan fingerprint density at radius 1 is 0.432 bits per heavy atom. The summed E-state index contributed by atoms with van der Waals surface area (Å²) in [6.07, 6.45) is 0. The second-order valence-corrected chi connectivity index (χ2v) is 10.9. The Kier molecular flexibility index (Phi) is 5.43. The van der Waals surface area contributed by atoms with Gasteiger partial charge in [-0.25, -0.2) is 0 Å². The van der Waals surface area contributed by atoms with Gasteiger partial charge in [0.25, 0.3) is 0 Å². The molecule has 5 aromatic carbocycles. The predicted molar refractivity (Wildman–Crippen MR) is 151 cm³/mol. The van der Waals surface area contributed by atoms with Gasteiger partial charge in [-0.3, -0.25) is 0 Å². The van der Waals surface area contributed by atoms with Crippen LogP contribution in [0.5, 0.6) is 0 Å². The molecule has 0 aliphatic heterocycles. The fourth-order valence-electron chi connectivity index (χ4n) is 4.50. The number of benzene rings is 5. The Balaban J connectivity index is 1.37. The molecule has 0 amide bonds. The topological polar surface area (TPSA) is 51.6 Å². The van der Waals surface area contributed by atoms with Crippen LogP contribution >= 0.6 is 0 Å². The van der Waals surface area contributed by atoms with E-state index >= 15 is 0 Å². The molecule has 0 aliphatic rings. The molecule has 0 saturated heterocycles. The van der Waals surface area contributed by atoms with Crippen LogP contribution in [0.15, 0.2) is 121 Å². The minimum absolute atomic E-state index is 0.201. The Morgan fingerprint density at radius 2 is 0.973 bits per heavy atom. The summed E-state index contributed by atoms with van der Waals surface area (Å²) in [6, 6.07) is 41.4. The number of fused-ring (bicyclic) bond motifs is 3. The van der Waals surface area contributed by atoms with Crippen molar-refractivity contribution in [2.45, 2.75) is 0 Å². The first-order valence-electron chi connectivity index (χ1n) is 12.1. The molecule has 0 aliphatic carbocycles. The Bertz CT molecular complexity index is 1810. The summed E-state index contributed by atoms with van der Waals surface area (Å²) >= 11 is 0.201.